The van der Waals surface area contributed by atoms with Crippen molar-refractivity contribution in [3.8, 4) is 6.07 Å². The van der Waals surface area contributed by atoms with Crippen LogP contribution in [0.2, 0.25) is 0 Å². The molecule has 0 aromatic heterocycles. The largest absolute Gasteiger partial charge is 0.392 e. The van der Waals surface area contributed by atoms with E-state index in [4.69, 9.17) is 0 Å². The minimum atomic E-state index is -0.129. The van der Waals surface area contributed by atoms with E-state index in [9.17, 15) is 15.2 Å². The van der Waals surface area contributed by atoms with Crippen LogP contribution in [0.1, 0.15) is 34.3 Å². The maximum absolute atomic E-state index is 12.5. The van der Waals surface area contributed by atoms with Gasteiger partial charge in [0.25, 0.3) is 5.91 Å². The number of piperidine rings is 1. The molecule has 0 saturated carbocycles. The molecule has 1 fully saturated rings. The molecule has 0 spiro atoms. The second kappa shape index (κ2) is 7.82. The number of benzene rings is 2. The lowest BCUT2D eigenvalue weighted by Crippen LogP contribution is -2.48. The summed E-state index contributed by atoms with van der Waals surface area (Å²) in [6.45, 7) is 1.48. The maximum atomic E-state index is 12.5. The Hall–Kier alpha value is -2.84. The summed E-state index contributed by atoms with van der Waals surface area (Å²) in [6.07, 6.45) is 1.87. The Labute approximate surface area is 147 Å². The van der Waals surface area contributed by atoms with Crippen LogP contribution in [0.5, 0.6) is 0 Å². The SMILES string of the molecule is N#Cc1ccccc1N1CCCC(NC(=O)c2cccc(CO)c2)C1. The topological polar surface area (TPSA) is 76.4 Å². The Kier molecular flexibility index (Phi) is 5.32. The van der Waals surface area contributed by atoms with E-state index in [0.717, 1.165) is 30.6 Å². The Morgan fingerprint density at radius 2 is 2.12 bits per heavy atom. The fraction of sp³-hybridized carbons (Fsp3) is 0.300. The monoisotopic (exact) mass is 335 g/mol. The number of carbonyl (C=O) groups is 1. The van der Waals surface area contributed by atoms with Crippen LogP contribution in [0.4, 0.5) is 5.69 Å². The molecule has 128 valence electrons. The fourth-order valence-corrected chi connectivity index (χ4v) is 3.24. The third-order valence-electron chi connectivity index (χ3n) is 4.49. The number of nitrogens with zero attached hydrogens (tertiary/aromatic N) is 2. The van der Waals surface area contributed by atoms with Crippen LogP contribution in [-0.2, 0) is 6.61 Å². The average Bonchev–Trinajstić information content (AvgIpc) is 2.68. The lowest BCUT2D eigenvalue weighted by molar-refractivity contribution is 0.0933. The molecule has 0 radical (unpaired) electrons. The van der Waals surface area contributed by atoms with Gasteiger partial charge in [0.05, 0.1) is 17.9 Å². The number of aliphatic hydroxyl groups excluding tert-OH is 1. The minimum absolute atomic E-state index is 0.0331. The van der Waals surface area contributed by atoms with Gasteiger partial charge in [-0.1, -0.05) is 24.3 Å². The van der Waals surface area contributed by atoms with E-state index in [1.165, 1.54) is 0 Å². The maximum Gasteiger partial charge on any atom is 0.251 e. The minimum Gasteiger partial charge on any atom is -0.392 e. The van der Waals surface area contributed by atoms with Crippen LogP contribution in [0.3, 0.4) is 0 Å². The molecule has 1 atom stereocenters. The number of amides is 1. The lowest BCUT2D eigenvalue weighted by Gasteiger charge is -2.35. The zero-order valence-electron chi connectivity index (χ0n) is 14.0. The van der Waals surface area contributed by atoms with Crippen LogP contribution in [-0.4, -0.2) is 30.1 Å². The highest BCUT2D eigenvalue weighted by Crippen LogP contribution is 2.23. The summed E-state index contributed by atoms with van der Waals surface area (Å²) in [5.74, 6) is -0.129. The molecule has 2 N–H and O–H groups in total. The quantitative estimate of drug-likeness (QED) is 0.900. The zero-order valence-corrected chi connectivity index (χ0v) is 14.0. The van der Waals surface area contributed by atoms with E-state index in [1.54, 1.807) is 24.3 Å². The first kappa shape index (κ1) is 17.0. The Morgan fingerprint density at radius 1 is 1.28 bits per heavy atom. The standard InChI is InChI=1S/C20H21N3O2/c21-12-17-6-1-2-9-19(17)23-10-4-8-18(13-23)22-20(25)16-7-3-5-15(11-16)14-24/h1-3,5-7,9,11,18,24H,4,8,10,13-14H2,(H,22,25). The number of hydrogen-bond acceptors (Lipinski definition) is 4. The average molecular weight is 335 g/mol. The molecule has 5 nitrogen and oxygen atoms in total. The number of carbonyl (C=O) groups excluding carboxylic acids is 1. The van der Waals surface area contributed by atoms with Crippen molar-refractivity contribution in [3.05, 3.63) is 65.2 Å². The van der Waals surface area contributed by atoms with E-state index in [1.807, 2.05) is 24.3 Å². The highest BCUT2D eigenvalue weighted by molar-refractivity contribution is 5.94. The molecule has 1 amide bonds. The van der Waals surface area contributed by atoms with Gasteiger partial charge in [-0.25, -0.2) is 0 Å². The van der Waals surface area contributed by atoms with Crippen molar-refractivity contribution in [2.45, 2.75) is 25.5 Å². The molecule has 3 rings (SSSR count). The van der Waals surface area contributed by atoms with Gasteiger partial charge in [-0.3, -0.25) is 4.79 Å². The fourth-order valence-electron chi connectivity index (χ4n) is 3.24. The third-order valence-corrected chi connectivity index (χ3v) is 4.49. The summed E-state index contributed by atoms with van der Waals surface area (Å²) in [4.78, 5) is 14.6. The van der Waals surface area contributed by atoms with E-state index in [0.29, 0.717) is 17.7 Å². The van der Waals surface area contributed by atoms with E-state index in [-0.39, 0.29) is 18.6 Å². The van der Waals surface area contributed by atoms with Crippen molar-refractivity contribution < 1.29 is 9.90 Å². The highest BCUT2D eigenvalue weighted by Gasteiger charge is 2.23. The summed E-state index contributed by atoms with van der Waals surface area (Å²) in [5.41, 5.74) is 2.86. The smallest absolute Gasteiger partial charge is 0.251 e. The van der Waals surface area contributed by atoms with Gasteiger partial charge >= 0.3 is 0 Å². The van der Waals surface area contributed by atoms with E-state index < -0.39 is 0 Å². The van der Waals surface area contributed by atoms with E-state index in [2.05, 4.69) is 16.3 Å². The van der Waals surface area contributed by atoms with Crippen molar-refractivity contribution in [2.75, 3.05) is 18.0 Å². The van der Waals surface area contributed by atoms with Gasteiger partial charge in [0.2, 0.25) is 0 Å². The number of nitriles is 1. The number of rotatable bonds is 4. The predicted molar refractivity (Wildman–Crippen MR) is 96.2 cm³/mol. The number of hydrogen-bond donors (Lipinski definition) is 2. The van der Waals surface area contributed by atoms with Crippen molar-refractivity contribution >= 4 is 11.6 Å². The van der Waals surface area contributed by atoms with Crippen LogP contribution in [0.25, 0.3) is 0 Å². The number of anilines is 1. The molecule has 0 aliphatic carbocycles. The van der Waals surface area contributed by atoms with Gasteiger partial charge in [0, 0.05) is 24.7 Å². The molecule has 1 saturated heterocycles. The van der Waals surface area contributed by atoms with Crippen LogP contribution in [0, 0.1) is 11.3 Å². The van der Waals surface area contributed by atoms with Gasteiger partial charge in [0.15, 0.2) is 0 Å². The summed E-state index contributed by atoms with van der Waals surface area (Å²) < 4.78 is 0. The first-order chi connectivity index (χ1) is 12.2. The highest BCUT2D eigenvalue weighted by atomic mass is 16.3. The summed E-state index contributed by atoms with van der Waals surface area (Å²) >= 11 is 0. The molecular formula is C20H21N3O2. The lowest BCUT2D eigenvalue weighted by atomic mass is 10.0. The molecule has 0 bridgehead atoms. The molecule has 2 aromatic rings. The number of aliphatic hydroxyl groups is 1. The normalized spacial score (nSPS) is 17.0. The van der Waals surface area contributed by atoms with Gasteiger partial charge in [-0.05, 0) is 42.7 Å². The Morgan fingerprint density at radius 3 is 2.92 bits per heavy atom. The molecule has 1 unspecified atom stereocenters. The molecule has 1 aliphatic heterocycles. The van der Waals surface area contributed by atoms with Crippen molar-refractivity contribution in [2.24, 2.45) is 0 Å². The van der Waals surface area contributed by atoms with Gasteiger partial charge in [-0.2, -0.15) is 5.26 Å². The number of nitrogens with one attached hydrogen (secondary N) is 1. The molecule has 1 aliphatic rings. The first-order valence-corrected chi connectivity index (χ1v) is 8.46. The number of para-hydroxylation sites is 1. The molecule has 2 aromatic carbocycles. The van der Waals surface area contributed by atoms with Crippen LogP contribution < -0.4 is 10.2 Å². The third kappa shape index (κ3) is 3.98. The van der Waals surface area contributed by atoms with Gasteiger partial charge < -0.3 is 15.3 Å². The van der Waals surface area contributed by atoms with Crippen molar-refractivity contribution in [1.29, 1.82) is 5.26 Å². The van der Waals surface area contributed by atoms with Crippen molar-refractivity contribution in [1.82, 2.24) is 5.32 Å². The van der Waals surface area contributed by atoms with Crippen LogP contribution >= 0.6 is 0 Å². The zero-order chi connectivity index (χ0) is 17.6. The van der Waals surface area contributed by atoms with Gasteiger partial charge in [-0.15, -0.1) is 0 Å². The molecule has 25 heavy (non-hydrogen) atoms. The molecule has 5 heteroatoms. The second-order valence-electron chi connectivity index (χ2n) is 6.25. The molecule has 1 heterocycles. The second-order valence-corrected chi connectivity index (χ2v) is 6.25. The first-order valence-electron chi connectivity index (χ1n) is 8.46. The Balaban J connectivity index is 1.69. The summed E-state index contributed by atoms with van der Waals surface area (Å²) in [5, 5.41) is 21.6. The molecular weight excluding hydrogens is 314 g/mol. The summed E-state index contributed by atoms with van der Waals surface area (Å²) in [7, 11) is 0. The van der Waals surface area contributed by atoms with Crippen molar-refractivity contribution in [3.63, 3.8) is 0 Å². The van der Waals surface area contributed by atoms with Crippen LogP contribution in [0.15, 0.2) is 48.5 Å². The van der Waals surface area contributed by atoms with E-state index >= 15 is 0 Å². The summed E-state index contributed by atoms with van der Waals surface area (Å²) in [6, 6.07) is 16.9. The Bertz CT molecular complexity index is 798. The van der Waals surface area contributed by atoms with Gasteiger partial charge in [0.1, 0.15) is 6.07 Å². The predicted octanol–water partition coefficient (Wildman–Crippen LogP) is 2.45.